The maximum Gasteiger partial charge on any atom is 0.337 e. The van der Waals surface area contributed by atoms with Crippen molar-refractivity contribution in [3.63, 3.8) is 0 Å². The zero-order valence-electron chi connectivity index (χ0n) is 24.5. The Kier molecular flexibility index (Phi) is 7.87. The lowest BCUT2D eigenvalue weighted by molar-refractivity contribution is -0.0591. The molecule has 7 rings (SSSR count). The molecule has 2 aromatic carbocycles. The third-order valence-electron chi connectivity index (χ3n) is 8.11. The number of carbonyl (C=O) groups excluding carboxylic acids is 1. The number of fused-ring (bicyclic) bond motifs is 1. The van der Waals surface area contributed by atoms with E-state index in [4.69, 9.17) is 24.2 Å². The number of ether oxygens (including phenoxy) is 3. The Morgan fingerprint density at radius 3 is 2.61 bits per heavy atom. The number of pyridine rings is 1. The smallest absolute Gasteiger partial charge is 0.337 e. The van der Waals surface area contributed by atoms with E-state index in [-0.39, 0.29) is 12.1 Å². The molecule has 0 saturated carbocycles. The van der Waals surface area contributed by atoms with Crippen molar-refractivity contribution >= 4 is 22.6 Å². The fraction of sp³-hybridized carbons (Fsp3) is 0.303. The molecule has 0 spiro atoms. The van der Waals surface area contributed by atoms with Crippen LogP contribution in [0.15, 0.2) is 79.1 Å². The van der Waals surface area contributed by atoms with Crippen LogP contribution in [-0.4, -0.2) is 73.3 Å². The summed E-state index contributed by atoms with van der Waals surface area (Å²) in [5.74, 6) is 1.22. The van der Waals surface area contributed by atoms with E-state index in [1.807, 2.05) is 54.6 Å². The Hall–Kier alpha value is -4.87. The predicted molar refractivity (Wildman–Crippen MR) is 163 cm³/mol. The molecule has 1 saturated heterocycles. The van der Waals surface area contributed by atoms with Crippen molar-refractivity contribution in [2.24, 2.45) is 0 Å². The van der Waals surface area contributed by atoms with Crippen molar-refractivity contribution in [2.75, 3.05) is 26.8 Å². The molecule has 5 heterocycles. The van der Waals surface area contributed by atoms with Gasteiger partial charge >= 0.3 is 5.97 Å². The zero-order valence-corrected chi connectivity index (χ0v) is 24.5. The van der Waals surface area contributed by atoms with E-state index < -0.39 is 0 Å². The molecular formula is C33H33N7O4. The number of benzene rings is 2. The average molecular weight is 592 g/mol. The van der Waals surface area contributed by atoms with E-state index in [9.17, 15) is 4.79 Å². The van der Waals surface area contributed by atoms with E-state index in [2.05, 4.69) is 25.7 Å². The Morgan fingerprint density at radius 2 is 1.89 bits per heavy atom. The van der Waals surface area contributed by atoms with Gasteiger partial charge < -0.3 is 18.8 Å². The van der Waals surface area contributed by atoms with Gasteiger partial charge in [0.05, 0.1) is 66.7 Å². The minimum Gasteiger partial charge on any atom is -0.473 e. The van der Waals surface area contributed by atoms with Gasteiger partial charge in [-0.1, -0.05) is 24.3 Å². The summed E-state index contributed by atoms with van der Waals surface area (Å²) in [6.45, 7) is 4.29. The molecule has 0 radical (unpaired) electrons. The molecule has 3 aromatic heterocycles. The van der Waals surface area contributed by atoms with Gasteiger partial charge in [-0.25, -0.2) is 14.8 Å². The number of imidazole rings is 1. The molecule has 0 amide bonds. The fourth-order valence-electron chi connectivity index (χ4n) is 5.57. The quantitative estimate of drug-likeness (QED) is 0.218. The standard InChI is InChI=1S/C33H33N7O4/c1-42-33(41)25-7-10-29-30(19-25)39(20-27-13-18-43-27)31(36-29)21-38-16-11-24(12-17-38)28-3-2-4-32(37-28)44-22-23-5-8-26(9-6-23)40-34-14-15-35-40/h2-11,14-15,19,27H,12-13,16-18,20-22H2,1H3/t27-/m0/s1. The molecule has 1 atom stereocenters. The van der Waals surface area contributed by atoms with Gasteiger partial charge in [0.2, 0.25) is 5.88 Å². The number of aromatic nitrogens is 6. The first-order chi connectivity index (χ1) is 21.6. The number of carbonyl (C=O) groups is 1. The highest BCUT2D eigenvalue weighted by Crippen LogP contribution is 2.27. The second-order valence-corrected chi connectivity index (χ2v) is 11.0. The van der Waals surface area contributed by atoms with E-state index in [1.54, 1.807) is 23.3 Å². The van der Waals surface area contributed by atoms with Crippen LogP contribution in [0.3, 0.4) is 0 Å². The summed E-state index contributed by atoms with van der Waals surface area (Å²) < 4.78 is 18.9. The molecule has 11 nitrogen and oxygen atoms in total. The Morgan fingerprint density at radius 1 is 1.05 bits per heavy atom. The minimum absolute atomic E-state index is 0.167. The second-order valence-electron chi connectivity index (χ2n) is 11.0. The van der Waals surface area contributed by atoms with Crippen LogP contribution in [0.1, 0.15) is 40.3 Å². The van der Waals surface area contributed by atoms with Crippen molar-refractivity contribution in [3.05, 3.63) is 102 Å². The lowest BCUT2D eigenvalue weighted by Crippen LogP contribution is -2.33. The van der Waals surface area contributed by atoms with Gasteiger partial charge in [-0.15, -0.1) is 0 Å². The van der Waals surface area contributed by atoms with Gasteiger partial charge in [0, 0.05) is 25.8 Å². The highest BCUT2D eigenvalue weighted by atomic mass is 16.5. The summed E-state index contributed by atoms with van der Waals surface area (Å²) in [6, 6.07) is 19.4. The number of hydrogen-bond donors (Lipinski definition) is 0. The number of esters is 1. The van der Waals surface area contributed by atoms with Crippen LogP contribution in [0.25, 0.3) is 22.3 Å². The molecule has 11 heteroatoms. The molecule has 44 heavy (non-hydrogen) atoms. The average Bonchev–Trinajstić information content (AvgIpc) is 3.70. The number of hydrogen-bond acceptors (Lipinski definition) is 9. The molecule has 2 aliphatic rings. The van der Waals surface area contributed by atoms with Crippen LogP contribution in [0, 0.1) is 0 Å². The minimum atomic E-state index is -0.351. The van der Waals surface area contributed by atoms with Crippen LogP contribution in [0.4, 0.5) is 0 Å². The van der Waals surface area contributed by atoms with Gasteiger partial charge in [-0.2, -0.15) is 15.0 Å². The van der Waals surface area contributed by atoms with E-state index in [0.717, 1.165) is 66.3 Å². The van der Waals surface area contributed by atoms with Crippen LogP contribution >= 0.6 is 0 Å². The van der Waals surface area contributed by atoms with Crippen molar-refractivity contribution in [1.29, 1.82) is 0 Å². The third kappa shape index (κ3) is 5.97. The molecule has 0 aliphatic carbocycles. The Labute approximate surface area is 254 Å². The van der Waals surface area contributed by atoms with Gasteiger partial charge in [0.1, 0.15) is 12.4 Å². The molecule has 0 N–H and O–H groups in total. The molecule has 2 aliphatic heterocycles. The summed E-state index contributed by atoms with van der Waals surface area (Å²) in [5, 5.41) is 8.32. The normalized spacial score (nSPS) is 16.8. The highest BCUT2D eigenvalue weighted by molar-refractivity contribution is 5.93. The Bertz CT molecular complexity index is 1790. The van der Waals surface area contributed by atoms with E-state index in [0.29, 0.717) is 31.1 Å². The first kappa shape index (κ1) is 27.9. The van der Waals surface area contributed by atoms with Crippen molar-refractivity contribution in [2.45, 2.75) is 38.6 Å². The van der Waals surface area contributed by atoms with E-state index >= 15 is 0 Å². The predicted octanol–water partition coefficient (Wildman–Crippen LogP) is 4.46. The third-order valence-corrected chi connectivity index (χ3v) is 8.11. The van der Waals surface area contributed by atoms with Gasteiger partial charge in [-0.05, 0) is 60.4 Å². The van der Waals surface area contributed by atoms with Crippen molar-refractivity contribution in [3.8, 4) is 11.6 Å². The highest BCUT2D eigenvalue weighted by Gasteiger charge is 2.24. The van der Waals surface area contributed by atoms with Crippen LogP contribution in [0.2, 0.25) is 0 Å². The number of methoxy groups -OCH3 is 1. The summed E-state index contributed by atoms with van der Waals surface area (Å²) in [6.07, 6.45) is 7.62. The van der Waals surface area contributed by atoms with Gasteiger partial charge in [-0.3, -0.25) is 4.90 Å². The van der Waals surface area contributed by atoms with Gasteiger partial charge in [0.15, 0.2) is 0 Å². The SMILES string of the molecule is COC(=O)c1ccc2nc(CN3CC=C(c4cccc(OCc5ccc(-n6nccn6)cc5)n4)CC3)n(C[C@@H]3CCO3)c2c1. The number of nitrogens with zero attached hydrogens (tertiary/aromatic N) is 7. The van der Waals surface area contributed by atoms with Crippen LogP contribution in [0.5, 0.6) is 5.88 Å². The Balaban J connectivity index is 1.01. The summed E-state index contributed by atoms with van der Waals surface area (Å²) in [4.78, 5) is 25.9. The summed E-state index contributed by atoms with van der Waals surface area (Å²) in [5.41, 5.74) is 6.40. The molecule has 0 bridgehead atoms. The van der Waals surface area contributed by atoms with E-state index in [1.165, 1.54) is 12.7 Å². The zero-order chi connectivity index (χ0) is 29.9. The van der Waals surface area contributed by atoms with Crippen LogP contribution in [-0.2, 0) is 29.2 Å². The molecular weight excluding hydrogens is 558 g/mol. The fourth-order valence-corrected chi connectivity index (χ4v) is 5.57. The monoisotopic (exact) mass is 591 g/mol. The summed E-state index contributed by atoms with van der Waals surface area (Å²) >= 11 is 0. The lowest BCUT2D eigenvalue weighted by Gasteiger charge is -2.29. The molecule has 0 unspecified atom stereocenters. The van der Waals surface area contributed by atoms with Crippen molar-refractivity contribution in [1.82, 2.24) is 34.4 Å². The largest absolute Gasteiger partial charge is 0.473 e. The second kappa shape index (κ2) is 12.4. The van der Waals surface area contributed by atoms with Gasteiger partial charge in [0.25, 0.3) is 0 Å². The molecule has 5 aromatic rings. The maximum absolute atomic E-state index is 12.2. The lowest BCUT2D eigenvalue weighted by atomic mass is 10.0. The van der Waals surface area contributed by atoms with Crippen molar-refractivity contribution < 1.29 is 19.0 Å². The molecule has 224 valence electrons. The first-order valence-corrected chi connectivity index (χ1v) is 14.8. The maximum atomic E-state index is 12.2. The number of rotatable bonds is 10. The first-order valence-electron chi connectivity index (χ1n) is 14.8. The summed E-state index contributed by atoms with van der Waals surface area (Å²) in [7, 11) is 1.40. The topological polar surface area (TPSA) is 109 Å². The molecule has 1 fully saturated rings. The van der Waals surface area contributed by atoms with Crippen LogP contribution < -0.4 is 4.74 Å².